The Labute approximate surface area is 325 Å². The van der Waals surface area contributed by atoms with E-state index in [0.717, 1.165) is 9.52 Å². The van der Waals surface area contributed by atoms with Gasteiger partial charge < -0.3 is 0 Å². The third kappa shape index (κ3) is 10.9. The van der Waals surface area contributed by atoms with Crippen molar-refractivity contribution in [3.05, 3.63) is 129 Å². The van der Waals surface area contributed by atoms with Crippen molar-refractivity contribution in [1.29, 1.82) is 0 Å². The van der Waals surface area contributed by atoms with E-state index >= 15 is 0 Å². The Hall–Kier alpha value is -2.22. The fraction of sp³-hybridized carbons (Fsp3) is 0.348. The SMILES string of the molecule is CCCCc1cc2c(-c3ccc(C)c(C)c3C)cccc2[cH-]1.CCCCc1cc2c(-c3ccc(C)c(C)c3C)cccc2[cH-]1.C[Si]C.[Cl][Zr+2][Cl]. The minimum absolute atomic E-state index is 0.826. The van der Waals surface area contributed by atoms with Crippen LogP contribution in [0, 0.1) is 41.5 Å². The summed E-state index contributed by atoms with van der Waals surface area (Å²) in [6.07, 6.45) is 7.44. The van der Waals surface area contributed by atoms with Gasteiger partial charge in [-0.25, -0.2) is 0 Å². The van der Waals surface area contributed by atoms with Gasteiger partial charge in [0.1, 0.15) is 0 Å². The molecule has 0 saturated heterocycles. The van der Waals surface area contributed by atoms with Crippen molar-refractivity contribution in [1.82, 2.24) is 0 Å². The van der Waals surface area contributed by atoms with E-state index in [-0.39, 0.29) is 0 Å². The van der Waals surface area contributed by atoms with Crippen LogP contribution in [-0.4, -0.2) is 9.52 Å². The number of benzene rings is 4. The molecule has 50 heavy (non-hydrogen) atoms. The standard InChI is InChI=1S/2C22H25.C2H6Si.2ClH.Zr/c2*1-5-6-8-18-13-19-9-7-10-21(22(19)14-18)20-12-11-15(2)16(3)17(20)4;1-3-2;;;/h2*7,9-14H,5-6,8H2,1-4H3;1-2H3;2*1H;/q2*-1;;;;+4/p-2. The summed E-state index contributed by atoms with van der Waals surface area (Å²) in [7, 11) is 11.0. The number of hydrogen-bond donors (Lipinski definition) is 0. The molecule has 6 aromatic carbocycles. The van der Waals surface area contributed by atoms with E-state index in [1.54, 1.807) is 0 Å². The molecule has 4 heteroatoms. The molecule has 0 spiro atoms. The Balaban J connectivity index is 0.000000234. The van der Waals surface area contributed by atoms with E-state index in [2.05, 4.69) is 153 Å². The van der Waals surface area contributed by atoms with Crippen LogP contribution in [0.1, 0.15) is 84.0 Å². The number of unbranched alkanes of at least 4 members (excludes halogenated alkanes) is 2. The Morgan fingerprint density at radius 2 is 0.900 bits per heavy atom. The average Bonchev–Trinajstić information content (AvgIpc) is 3.73. The van der Waals surface area contributed by atoms with Crippen molar-refractivity contribution in [3.8, 4) is 22.3 Å². The van der Waals surface area contributed by atoms with Crippen LogP contribution in [0.25, 0.3) is 43.8 Å². The van der Waals surface area contributed by atoms with Gasteiger partial charge in [-0.15, -0.1) is 69.1 Å². The Bertz CT molecular complexity index is 1800. The molecular formula is C46H56Cl2SiZr. The quantitative estimate of drug-likeness (QED) is 0.106. The van der Waals surface area contributed by atoms with Crippen molar-refractivity contribution in [2.24, 2.45) is 0 Å². The van der Waals surface area contributed by atoms with Gasteiger partial charge in [-0.2, -0.15) is 12.1 Å². The number of hydrogen-bond acceptors (Lipinski definition) is 0. The zero-order valence-electron chi connectivity index (χ0n) is 32.1. The topological polar surface area (TPSA) is 0 Å². The second-order valence-electron chi connectivity index (χ2n) is 13.5. The van der Waals surface area contributed by atoms with Crippen LogP contribution >= 0.6 is 17.0 Å². The summed E-state index contributed by atoms with van der Waals surface area (Å²) in [4.78, 5) is 0. The summed E-state index contributed by atoms with van der Waals surface area (Å²) >= 11 is -0.826. The van der Waals surface area contributed by atoms with E-state index in [4.69, 9.17) is 17.0 Å². The number of fused-ring (bicyclic) bond motifs is 2. The van der Waals surface area contributed by atoms with E-state index in [9.17, 15) is 0 Å². The second kappa shape index (κ2) is 21.3. The van der Waals surface area contributed by atoms with Crippen LogP contribution < -0.4 is 0 Å². The fourth-order valence-electron chi connectivity index (χ4n) is 6.61. The van der Waals surface area contributed by atoms with Crippen LogP contribution in [0.3, 0.4) is 0 Å². The van der Waals surface area contributed by atoms with Gasteiger partial charge in [-0.05, 0) is 98.9 Å². The molecule has 0 fully saturated rings. The van der Waals surface area contributed by atoms with Gasteiger partial charge in [-0.1, -0.05) is 100 Å². The predicted molar refractivity (Wildman–Crippen MR) is 225 cm³/mol. The zero-order chi connectivity index (χ0) is 36.8. The molecule has 2 radical (unpaired) electrons. The van der Waals surface area contributed by atoms with Gasteiger partial charge in [0.15, 0.2) is 0 Å². The summed E-state index contributed by atoms with van der Waals surface area (Å²) in [5.74, 6) is 0. The maximum absolute atomic E-state index is 4.93. The molecule has 262 valence electrons. The normalized spacial score (nSPS) is 10.5. The summed E-state index contributed by atoms with van der Waals surface area (Å²) in [6, 6.07) is 32.0. The number of rotatable bonds is 8. The third-order valence-corrected chi connectivity index (χ3v) is 9.96. The van der Waals surface area contributed by atoms with Gasteiger partial charge >= 0.3 is 37.9 Å². The van der Waals surface area contributed by atoms with Crippen molar-refractivity contribution in [3.63, 3.8) is 0 Å². The monoisotopic (exact) mass is 796 g/mol. The fourth-order valence-corrected chi connectivity index (χ4v) is 6.61. The van der Waals surface area contributed by atoms with E-state index in [0.29, 0.717) is 0 Å². The summed E-state index contributed by atoms with van der Waals surface area (Å²) in [5, 5.41) is 5.56. The first-order valence-corrected chi connectivity index (χ1v) is 26.4. The third-order valence-electron chi connectivity index (χ3n) is 9.96. The molecule has 0 aliphatic heterocycles. The first-order chi connectivity index (χ1) is 24.1. The predicted octanol–water partition coefficient (Wildman–Crippen LogP) is 15.2. The summed E-state index contributed by atoms with van der Waals surface area (Å²) < 4.78 is 0. The van der Waals surface area contributed by atoms with Crippen LogP contribution in [0.4, 0.5) is 0 Å². The zero-order valence-corrected chi connectivity index (χ0v) is 37.1. The van der Waals surface area contributed by atoms with E-state index in [1.165, 1.54) is 127 Å². The van der Waals surface area contributed by atoms with Crippen molar-refractivity contribution < 1.29 is 20.8 Å². The van der Waals surface area contributed by atoms with Crippen molar-refractivity contribution in [2.75, 3.05) is 0 Å². The molecule has 0 unspecified atom stereocenters. The van der Waals surface area contributed by atoms with Crippen LogP contribution in [0.5, 0.6) is 0 Å². The summed E-state index contributed by atoms with van der Waals surface area (Å²) in [5.41, 5.74) is 16.8. The molecule has 0 atom stereocenters. The van der Waals surface area contributed by atoms with Gasteiger partial charge in [0.2, 0.25) is 0 Å². The number of aryl methyl sites for hydroxylation is 4. The Kier molecular flexibility index (Phi) is 18.0. The second-order valence-corrected chi connectivity index (χ2v) is 18.2. The maximum atomic E-state index is 4.93. The van der Waals surface area contributed by atoms with E-state index in [1.807, 2.05) is 0 Å². The van der Waals surface area contributed by atoms with Gasteiger partial charge in [0.05, 0.1) is 0 Å². The Morgan fingerprint density at radius 3 is 1.24 bits per heavy atom. The molecule has 0 saturated carbocycles. The van der Waals surface area contributed by atoms with Crippen LogP contribution in [0.15, 0.2) is 84.9 Å². The molecule has 6 rings (SSSR count). The number of halogens is 2. The van der Waals surface area contributed by atoms with Gasteiger partial charge in [0, 0.05) is 9.52 Å². The molecule has 0 aromatic heterocycles. The van der Waals surface area contributed by atoms with Crippen LogP contribution in [0.2, 0.25) is 13.1 Å². The van der Waals surface area contributed by atoms with Crippen molar-refractivity contribution >= 4 is 48.1 Å². The molecule has 0 N–H and O–H groups in total. The first kappa shape index (κ1) is 42.2. The first-order valence-electron chi connectivity index (χ1n) is 18.1. The van der Waals surface area contributed by atoms with Gasteiger partial charge in [0.25, 0.3) is 0 Å². The molecule has 6 aromatic rings. The van der Waals surface area contributed by atoms with Gasteiger partial charge in [-0.3, -0.25) is 0 Å². The molecular weight excluding hydrogens is 743 g/mol. The average molecular weight is 799 g/mol. The van der Waals surface area contributed by atoms with Crippen LogP contribution in [-0.2, 0) is 33.7 Å². The summed E-state index contributed by atoms with van der Waals surface area (Å²) in [6.45, 7) is 22.2. The molecule has 0 aliphatic rings. The Morgan fingerprint density at radius 1 is 0.540 bits per heavy atom. The molecule has 0 aliphatic carbocycles. The molecule has 0 bridgehead atoms. The van der Waals surface area contributed by atoms with E-state index < -0.39 is 20.8 Å². The minimum atomic E-state index is -0.826. The molecule has 0 nitrogen and oxygen atoms in total. The molecule has 0 amide bonds. The molecule has 0 heterocycles. The van der Waals surface area contributed by atoms with Crippen molar-refractivity contribution in [2.45, 2.75) is 107 Å².